The van der Waals surface area contributed by atoms with Crippen molar-refractivity contribution in [3.63, 3.8) is 0 Å². The first-order chi connectivity index (χ1) is 8.19. The Balaban J connectivity index is 2.23. The molecule has 17 heavy (non-hydrogen) atoms. The molecule has 1 aliphatic rings. The van der Waals surface area contributed by atoms with Crippen molar-refractivity contribution in [1.29, 1.82) is 0 Å². The molecule has 0 radical (unpaired) electrons. The van der Waals surface area contributed by atoms with Crippen molar-refractivity contribution in [3.8, 4) is 0 Å². The quantitative estimate of drug-likeness (QED) is 0.893. The maximum absolute atomic E-state index is 10.6. The highest BCUT2D eigenvalue weighted by molar-refractivity contribution is 7.10. The first-order valence-corrected chi connectivity index (χ1v) is 7.50. The van der Waals surface area contributed by atoms with Gasteiger partial charge in [0.1, 0.15) is 6.10 Å². The van der Waals surface area contributed by atoms with Crippen molar-refractivity contribution < 1.29 is 9.84 Å². The van der Waals surface area contributed by atoms with Crippen molar-refractivity contribution in [2.45, 2.75) is 50.7 Å². The van der Waals surface area contributed by atoms with Crippen LogP contribution in [-0.2, 0) is 4.74 Å². The molecule has 0 saturated heterocycles. The number of hydrogen-bond donors (Lipinski definition) is 1. The summed E-state index contributed by atoms with van der Waals surface area (Å²) in [5.74, 6) is 0. The molecule has 0 aromatic carbocycles. The molecule has 1 aromatic rings. The Morgan fingerprint density at radius 1 is 1.47 bits per heavy atom. The lowest BCUT2D eigenvalue weighted by Crippen LogP contribution is -2.41. The van der Waals surface area contributed by atoms with Gasteiger partial charge in [-0.1, -0.05) is 30.9 Å². The molecule has 2 rings (SSSR count). The Hall–Kier alpha value is -0.0900. The van der Waals surface area contributed by atoms with Gasteiger partial charge in [0, 0.05) is 6.61 Å². The molecule has 1 heterocycles. The zero-order chi connectivity index (χ0) is 12.3. The second-order valence-corrected chi connectivity index (χ2v) is 5.95. The summed E-state index contributed by atoms with van der Waals surface area (Å²) in [6, 6.07) is 1.84. The van der Waals surface area contributed by atoms with Crippen LogP contribution >= 0.6 is 22.9 Å². The molecule has 4 heteroatoms. The minimum absolute atomic E-state index is 0.415. The van der Waals surface area contributed by atoms with Crippen LogP contribution in [0, 0.1) is 0 Å². The molecule has 1 fully saturated rings. The van der Waals surface area contributed by atoms with Crippen LogP contribution in [0.3, 0.4) is 0 Å². The average Bonchev–Trinajstić information content (AvgIpc) is 2.76. The van der Waals surface area contributed by atoms with Crippen LogP contribution in [0.15, 0.2) is 11.4 Å². The van der Waals surface area contributed by atoms with Gasteiger partial charge in [-0.2, -0.15) is 0 Å². The van der Waals surface area contributed by atoms with E-state index in [1.807, 2.05) is 18.4 Å². The molecule has 1 saturated carbocycles. The molecule has 0 bridgehead atoms. The largest absolute Gasteiger partial charge is 0.384 e. The highest BCUT2D eigenvalue weighted by atomic mass is 35.5. The van der Waals surface area contributed by atoms with E-state index < -0.39 is 11.7 Å². The fraction of sp³-hybridized carbons (Fsp3) is 0.692. The standard InChI is InChI=1S/C13H19ClO2S/c1-2-16-13(7-4-3-5-8-13)12(15)11-10(14)6-9-17-11/h6,9,12,15H,2-5,7-8H2,1H3. The third-order valence-corrected chi connectivity index (χ3v) is 4.93. The number of ether oxygens (including phenoxy) is 1. The van der Waals surface area contributed by atoms with E-state index in [0.29, 0.717) is 11.6 Å². The SMILES string of the molecule is CCOC1(C(O)c2sccc2Cl)CCCCC1. The predicted octanol–water partition coefficient (Wildman–Crippen LogP) is 4.17. The summed E-state index contributed by atoms with van der Waals surface area (Å²) in [6.45, 7) is 2.62. The molecule has 1 aliphatic carbocycles. The highest BCUT2D eigenvalue weighted by Crippen LogP contribution is 2.44. The molecule has 0 aliphatic heterocycles. The van der Waals surface area contributed by atoms with Gasteiger partial charge in [0.15, 0.2) is 0 Å². The molecular formula is C13H19ClO2S. The van der Waals surface area contributed by atoms with E-state index >= 15 is 0 Å². The van der Waals surface area contributed by atoms with Gasteiger partial charge in [-0.25, -0.2) is 0 Å². The fourth-order valence-electron chi connectivity index (χ4n) is 2.67. The van der Waals surface area contributed by atoms with E-state index in [1.165, 1.54) is 17.8 Å². The first-order valence-electron chi connectivity index (χ1n) is 6.24. The van der Waals surface area contributed by atoms with Gasteiger partial charge < -0.3 is 9.84 Å². The van der Waals surface area contributed by atoms with Crippen molar-refractivity contribution in [1.82, 2.24) is 0 Å². The lowest BCUT2D eigenvalue weighted by atomic mass is 9.80. The Kier molecular flexibility index (Phi) is 4.47. The summed E-state index contributed by atoms with van der Waals surface area (Å²) in [4.78, 5) is 0.849. The van der Waals surface area contributed by atoms with Crippen molar-refractivity contribution in [3.05, 3.63) is 21.3 Å². The van der Waals surface area contributed by atoms with Crippen LogP contribution in [0.5, 0.6) is 0 Å². The third-order valence-electron chi connectivity index (χ3n) is 3.52. The molecular weight excluding hydrogens is 256 g/mol. The Morgan fingerprint density at radius 2 is 2.18 bits per heavy atom. The summed E-state index contributed by atoms with van der Waals surface area (Å²) in [5, 5.41) is 13.2. The highest BCUT2D eigenvalue weighted by Gasteiger charge is 2.41. The van der Waals surface area contributed by atoms with E-state index in [4.69, 9.17) is 16.3 Å². The number of thiophene rings is 1. The Bertz CT molecular complexity index is 353. The zero-order valence-electron chi connectivity index (χ0n) is 10.1. The summed E-state index contributed by atoms with van der Waals surface area (Å²) in [5.41, 5.74) is -0.415. The van der Waals surface area contributed by atoms with Gasteiger partial charge in [-0.05, 0) is 31.2 Å². The smallest absolute Gasteiger partial charge is 0.118 e. The zero-order valence-corrected chi connectivity index (χ0v) is 11.7. The molecule has 1 atom stereocenters. The van der Waals surface area contributed by atoms with Gasteiger partial charge in [0.2, 0.25) is 0 Å². The maximum Gasteiger partial charge on any atom is 0.118 e. The number of hydrogen-bond acceptors (Lipinski definition) is 3. The van der Waals surface area contributed by atoms with Crippen LogP contribution in [0.4, 0.5) is 0 Å². The summed E-state index contributed by atoms with van der Waals surface area (Å²) < 4.78 is 5.91. The molecule has 1 N–H and O–H groups in total. The molecule has 1 unspecified atom stereocenters. The molecule has 2 nitrogen and oxygen atoms in total. The van der Waals surface area contributed by atoms with Gasteiger partial charge >= 0.3 is 0 Å². The second-order valence-electron chi connectivity index (χ2n) is 4.59. The summed E-state index contributed by atoms with van der Waals surface area (Å²) >= 11 is 7.62. The normalized spacial score (nSPS) is 21.4. The van der Waals surface area contributed by atoms with Gasteiger partial charge in [-0.15, -0.1) is 11.3 Å². The minimum atomic E-state index is -0.588. The van der Waals surface area contributed by atoms with Crippen LogP contribution < -0.4 is 0 Å². The predicted molar refractivity (Wildman–Crippen MR) is 71.7 cm³/mol. The minimum Gasteiger partial charge on any atom is -0.384 e. The Labute approximate surface area is 112 Å². The van der Waals surface area contributed by atoms with Crippen molar-refractivity contribution >= 4 is 22.9 Å². The molecule has 0 spiro atoms. The van der Waals surface area contributed by atoms with E-state index in [0.717, 1.165) is 30.6 Å². The van der Waals surface area contributed by atoms with Crippen molar-refractivity contribution in [2.24, 2.45) is 0 Å². The van der Waals surface area contributed by atoms with Crippen LogP contribution in [0.1, 0.15) is 50.0 Å². The van der Waals surface area contributed by atoms with E-state index in [-0.39, 0.29) is 0 Å². The summed E-state index contributed by atoms with van der Waals surface area (Å²) in [7, 11) is 0. The van der Waals surface area contributed by atoms with Crippen LogP contribution in [-0.4, -0.2) is 17.3 Å². The lowest BCUT2D eigenvalue weighted by molar-refractivity contribution is -0.140. The summed E-state index contributed by atoms with van der Waals surface area (Å²) in [6.07, 6.45) is 4.75. The van der Waals surface area contributed by atoms with Crippen molar-refractivity contribution in [2.75, 3.05) is 6.61 Å². The number of halogens is 1. The maximum atomic E-state index is 10.6. The number of rotatable bonds is 4. The van der Waals surface area contributed by atoms with Gasteiger partial charge in [-0.3, -0.25) is 0 Å². The van der Waals surface area contributed by atoms with Gasteiger partial charge in [0.25, 0.3) is 0 Å². The van der Waals surface area contributed by atoms with E-state index in [2.05, 4.69) is 0 Å². The second kappa shape index (κ2) is 5.70. The van der Waals surface area contributed by atoms with E-state index in [9.17, 15) is 5.11 Å². The third kappa shape index (κ3) is 2.68. The average molecular weight is 275 g/mol. The van der Waals surface area contributed by atoms with Crippen LogP contribution in [0.25, 0.3) is 0 Å². The first kappa shape index (κ1) is 13.3. The van der Waals surface area contributed by atoms with E-state index in [1.54, 1.807) is 0 Å². The number of aliphatic hydroxyl groups is 1. The fourth-order valence-corrected chi connectivity index (χ4v) is 3.92. The number of aliphatic hydroxyl groups excluding tert-OH is 1. The Morgan fingerprint density at radius 3 is 2.71 bits per heavy atom. The topological polar surface area (TPSA) is 29.5 Å². The van der Waals surface area contributed by atoms with Gasteiger partial charge in [0.05, 0.1) is 15.5 Å². The molecule has 0 amide bonds. The monoisotopic (exact) mass is 274 g/mol. The molecule has 1 aromatic heterocycles. The van der Waals surface area contributed by atoms with Crippen LogP contribution in [0.2, 0.25) is 5.02 Å². The molecule has 96 valence electrons. The lowest BCUT2D eigenvalue weighted by Gasteiger charge is -2.40.